The van der Waals surface area contributed by atoms with Crippen molar-refractivity contribution in [1.82, 2.24) is 0 Å². The van der Waals surface area contributed by atoms with Crippen LogP contribution >= 0.6 is 0 Å². The van der Waals surface area contributed by atoms with E-state index in [9.17, 15) is 4.79 Å². The summed E-state index contributed by atoms with van der Waals surface area (Å²) in [6.45, 7) is 6.04. The fourth-order valence-electron chi connectivity index (χ4n) is 1.31. The van der Waals surface area contributed by atoms with Gasteiger partial charge in [0.1, 0.15) is 0 Å². The van der Waals surface area contributed by atoms with Crippen molar-refractivity contribution < 1.29 is 9.90 Å². The lowest BCUT2D eigenvalue weighted by atomic mass is 10.00. The third-order valence-electron chi connectivity index (χ3n) is 2.23. The quantitative estimate of drug-likeness (QED) is 0.643. The SMILES string of the molecule is CCCC(C)CC/C=C(\C)C(=O)O. The average molecular weight is 184 g/mol. The van der Waals surface area contributed by atoms with Crippen LogP contribution in [0.4, 0.5) is 0 Å². The van der Waals surface area contributed by atoms with E-state index in [4.69, 9.17) is 5.11 Å². The minimum Gasteiger partial charge on any atom is -0.478 e. The van der Waals surface area contributed by atoms with Gasteiger partial charge in [-0.05, 0) is 25.7 Å². The largest absolute Gasteiger partial charge is 0.478 e. The van der Waals surface area contributed by atoms with Crippen molar-refractivity contribution in [1.29, 1.82) is 0 Å². The molecular formula is C11H20O2. The molecule has 0 rings (SSSR count). The lowest BCUT2D eigenvalue weighted by molar-refractivity contribution is -0.132. The highest BCUT2D eigenvalue weighted by atomic mass is 16.4. The van der Waals surface area contributed by atoms with Gasteiger partial charge in [0.2, 0.25) is 0 Å². The van der Waals surface area contributed by atoms with Gasteiger partial charge in [0.25, 0.3) is 0 Å². The third-order valence-corrected chi connectivity index (χ3v) is 2.23. The van der Waals surface area contributed by atoms with Crippen molar-refractivity contribution in [3.05, 3.63) is 11.6 Å². The number of hydrogen-bond donors (Lipinski definition) is 1. The van der Waals surface area contributed by atoms with Gasteiger partial charge in [-0.3, -0.25) is 0 Å². The Balaban J connectivity index is 3.65. The smallest absolute Gasteiger partial charge is 0.330 e. The van der Waals surface area contributed by atoms with Gasteiger partial charge in [0.15, 0.2) is 0 Å². The monoisotopic (exact) mass is 184 g/mol. The minimum absolute atomic E-state index is 0.462. The summed E-state index contributed by atoms with van der Waals surface area (Å²) in [5.41, 5.74) is 0.462. The number of aliphatic carboxylic acids is 1. The van der Waals surface area contributed by atoms with E-state index in [-0.39, 0.29) is 0 Å². The summed E-state index contributed by atoms with van der Waals surface area (Å²) in [4.78, 5) is 10.4. The van der Waals surface area contributed by atoms with Gasteiger partial charge in [-0.2, -0.15) is 0 Å². The number of hydrogen-bond acceptors (Lipinski definition) is 1. The summed E-state index contributed by atoms with van der Waals surface area (Å²) in [6.07, 6.45) is 6.25. The van der Waals surface area contributed by atoms with Crippen LogP contribution in [0.2, 0.25) is 0 Å². The first-order chi connectivity index (χ1) is 6.07. The molecule has 0 aliphatic heterocycles. The molecule has 0 aliphatic rings. The van der Waals surface area contributed by atoms with Crippen LogP contribution in [0.25, 0.3) is 0 Å². The van der Waals surface area contributed by atoms with Gasteiger partial charge < -0.3 is 5.11 Å². The lowest BCUT2D eigenvalue weighted by Crippen LogP contribution is -1.97. The third kappa shape index (κ3) is 6.38. The summed E-state index contributed by atoms with van der Waals surface area (Å²) in [6, 6.07) is 0. The molecule has 0 fully saturated rings. The second kappa shape index (κ2) is 6.70. The molecule has 2 heteroatoms. The summed E-state index contributed by atoms with van der Waals surface area (Å²) in [5.74, 6) is -0.0917. The zero-order chi connectivity index (χ0) is 10.3. The van der Waals surface area contributed by atoms with E-state index < -0.39 is 5.97 Å². The van der Waals surface area contributed by atoms with Crippen molar-refractivity contribution in [3.63, 3.8) is 0 Å². The van der Waals surface area contributed by atoms with Gasteiger partial charge in [0.05, 0.1) is 0 Å². The summed E-state index contributed by atoms with van der Waals surface area (Å²) >= 11 is 0. The van der Waals surface area contributed by atoms with Crippen molar-refractivity contribution in [3.8, 4) is 0 Å². The molecule has 0 spiro atoms. The molecule has 0 amide bonds. The maximum atomic E-state index is 10.4. The Morgan fingerprint density at radius 2 is 2.08 bits per heavy atom. The van der Waals surface area contributed by atoms with Gasteiger partial charge >= 0.3 is 5.97 Å². The van der Waals surface area contributed by atoms with Crippen LogP contribution in [0.15, 0.2) is 11.6 Å². The van der Waals surface area contributed by atoms with Crippen molar-refractivity contribution in [2.24, 2.45) is 5.92 Å². The van der Waals surface area contributed by atoms with Crippen LogP contribution in [0, 0.1) is 5.92 Å². The van der Waals surface area contributed by atoms with E-state index >= 15 is 0 Å². The molecular weight excluding hydrogens is 164 g/mol. The van der Waals surface area contributed by atoms with Crippen LogP contribution in [0.5, 0.6) is 0 Å². The lowest BCUT2D eigenvalue weighted by Gasteiger charge is -2.06. The Bertz CT molecular complexity index is 183. The molecule has 0 aromatic carbocycles. The minimum atomic E-state index is -0.803. The number of allylic oxidation sites excluding steroid dienone is 1. The Labute approximate surface area is 80.7 Å². The van der Waals surface area contributed by atoms with Gasteiger partial charge in [-0.1, -0.05) is 32.8 Å². The van der Waals surface area contributed by atoms with E-state index in [1.54, 1.807) is 6.92 Å². The van der Waals surface area contributed by atoms with Crippen LogP contribution in [0.1, 0.15) is 46.5 Å². The second-order valence-electron chi connectivity index (χ2n) is 3.66. The van der Waals surface area contributed by atoms with E-state index in [1.807, 2.05) is 6.08 Å². The number of rotatable bonds is 6. The standard InChI is InChI=1S/C11H20O2/c1-4-6-9(2)7-5-8-10(3)11(12)13/h8-9H,4-7H2,1-3H3,(H,12,13)/b10-8+. The molecule has 0 aliphatic carbocycles. The zero-order valence-corrected chi connectivity index (χ0v) is 8.84. The fourth-order valence-corrected chi connectivity index (χ4v) is 1.31. The first-order valence-electron chi connectivity index (χ1n) is 4.98. The van der Waals surface area contributed by atoms with E-state index in [0.717, 1.165) is 12.8 Å². The molecule has 0 heterocycles. The fraction of sp³-hybridized carbons (Fsp3) is 0.727. The molecule has 0 bridgehead atoms. The van der Waals surface area contributed by atoms with Gasteiger partial charge in [-0.25, -0.2) is 4.79 Å². The molecule has 1 atom stereocenters. The highest BCUT2D eigenvalue weighted by Crippen LogP contribution is 2.13. The molecule has 0 aromatic rings. The molecule has 0 radical (unpaired) electrons. The molecule has 76 valence electrons. The Morgan fingerprint density at radius 1 is 1.46 bits per heavy atom. The average Bonchev–Trinajstić information content (AvgIpc) is 2.04. The Morgan fingerprint density at radius 3 is 2.54 bits per heavy atom. The first kappa shape index (κ1) is 12.2. The molecule has 0 saturated carbocycles. The molecule has 0 saturated heterocycles. The maximum Gasteiger partial charge on any atom is 0.330 e. The predicted molar refractivity (Wildman–Crippen MR) is 54.7 cm³/mol. The Hall–Kier alpha value is -0.790. The number of carbonyl (C=O) groups is 1. The topological polar surface area (TPSA) is 37.3 Å². The Kier molecular flexibility index (Phi) is 6.29. The van der Waals surface area contributed by atoms with Crippen molar-refractivity contribution in [2.75, 3.05) is 0 Å². The molecule has 1 unspecified atom stereocenters. The molecule has 13 heavy (non-hydrogen) atoms. The molecule has 2 nitrogen and oxygen atoms in total. The number of carboxylic acids is 1. The summed E-state index contributed by atoms with van der Waals surface area (Å²) in [7, 11) is 0. The van der Waals surface area contributed by atoms with E-state index in [2.05, 4.69) is 13.8 Å². The predicted octanol–water partition coefficient (Wildman–Crippen LogP) is 3.23. The maximum absolute atomic E-state index is 10.4. The first-order valence-corrected chi connectivity index (χ1v) is 4.98. The van der Waals surface area contributed by atoms with Crippen molar-refractivity contribution >= 4 is 5.97 Å². The molecule has 0 aromatic heterocycles. The van der Waals surface area contributed by atoms with Crippen molar-refractivity contribution in [2.45, 2.75) is 46.5 Å². The number of carboxylic acid groups (broad SMARTS) is 1. The van der Waals surface area contributed by atoms with Crippen LogP contribution in [-0.2, 0) is 4.79 Å². The zero-order valence-electron chi connectivity index (χ0n) is 8.84. The normalized spacial score (nSPS) is 14.2. The van der Waals surface area contributed by atoms with Gasteiger partial charge in [0, 0.05) is 5.57 Å². The highest BCUT2D eigenvalue weighted by molar-refractivity contribution is 5.85. The van der Waals surface area contributed by atoms with Crippen LogP contribution < -0.4 is 0 Å². The molecule has 1 N–H and O–H groups in total. The highest BCUT2D eigenvalue weighted by Gasteiger charge is 2.01. The second-order valence-corrected chi connectivity index (χ2v) is 3.66. The summed E-state index contributed by atoms with van der Waals surface area (Å²) < 4.78 is 0. The van der Waals surface area contributed by atoms with E-state index in [1.165, 1.54) is 12.8 Å². The van der Waals surface area contributed by atoms with Crippen LogP contribution in [-0.4, -0.2) is 11.1 Å². The summed E-state index contributed by atoms with van der Waals surface area (Å²) in [5, 5.41) is 8.58. The van der Waals surface area contributed by atoms with E-state index in [0.29, 0.717) is 11.5 Å². The van der Waals surface area contributed by atoms with Crippen LogP contribution in [0.3, 0.4) is 0 Å². The van der Waals surface area contributed by atoms with Gasteiger partial charge in [-0.15, -0.1) is 0 Å².